The molecule has 4 nitrogen and oxygen atoms in total. The summed E-state index contributed by atoms with van der Waals surface area (Å²) in [7, 11) is 1.55. The Morgan fingerprint density at radius 2 is 1.80 bits per heavy atom. The lowest BCUT2D eigenvalue weighted by Crippen LogP contribution is -2.04. The summed E-state index contributed by atoms with van der Waals surface area (Å²) in [6.07, 6.45) is 1.73. The van der Waals surface area contributed by atoms with Crippen LogP contribution < -0.4 is 4.74 Å². The number of rotatable bonds is 3. The van der Waals surface area contributed by atoms with Gasteiger partial charge in [-0.3, -0.25) is 0 Å². The molecule has 1 aliphatic rings. The molecule has 0 fully saturated rings. The predicted octanol–water partition coefficient (Wildman–Crippen LogP) is 6.71. The van der Waals surface area contributed by atoms with Crippen LogP contribution in [0.2, 0.25) is 10.0 Å². The van der Waals surface area contributed by atoms with Crippen LogP contribution in [0.5, 0.6) is 5.75 Å². The van der Waals surface area contributed by atoms with Gasteiger partial charge in [-0.2, -0.15) is 0 Å². The smallest absolute Gasteiger partial charge is 0.363 e. The van der Waals surface area contributed by atoms with E-state index in [0.717, 1.165) is 26.4 Å². The number of methoxy groups -OCH3 is 1. The number of aliphatic imine (C=N–C) groups is 1. The van der Waals surface area contributed by atoms with Crippen LogP contribution in [0.3, 0.4) is 0 Å². The molecule has 3 aromatic carbocycles. The number of hydrogen-bond acceptors (Lipinski definition) is 5. The lowest BCUT2D eigenvalue weighted by molar-refractivity contribution is -0.129. The Bertz CT molecular complexity index is 1400. The Hall–Kier alpha value is -2.86. The van der Waals surface area contributed by atoms with E-state index < -0.39 is 5.97 Å². The van der Waals surface area contributed by atoms with Crippen LogP contribution >= 0.6 is 34.5 Å². The maximum absolute atomic E-state index is 12.5. The molecule has 0 spiro atoms. The van der Waals surface area contributed by atoms with E-state index in [2.05, 4.69) is 4.99 Å². The zero-order valence-corrected chi connectivity index (χ0v) is 17.9. The summed E-state index contributed by atoms with van der Waals surface area (Å²) in [5, 5.41) is 3.77. The van der Waals surface area contributed by atoms with Gasteiger partial charge < -0.3 is 9.47 Å². The van der Waals surface area contributed by atoms with Gasteiger partial charge >= 0.3 is 5.97 Å². The molecule has 0 saturated heterocycles. The summed E-state index contributed by atoms with van der Waals surface area (Å²) in [5.41, 5.74) is 1.11. The molecule has 0 unspecified atom stereocenters. The molecule has 0 N–H and O–H groups in total. The molecule has 0 bridgehead atoms. The van der Waals surface area contributed by atoms with Crippen LogP contribution in [-0.2, 0) is 9.53 Å². The molecule has 148 valence electrons. The Morgan fingerprint density at radius 1 is 1.00 bits per heavy atom. The van der Waals surface area contributed by atoms with Crippen LogP contribution in [0.1, 0.15) is 10.4 Å². The summed E-state index contributed by atoms with van der Waals surface area (Å²) in [5.74, 6) is 0.207. The van der Waals surface area contributed by atoms with Crippen molar-refractivity contribution in [3.8, 4) is 5.75 Å². The Balaban J connectivity index is 1.61. The maximum atomic E-state index is 12.5. The van der Waals surface area contributed by atoms with Gasteiger partial charge in [0, 0.05) is 5.39 Å². The van der Waals surface area contributed by atoms with Crippen molar-refractivity contribution < 1.29 is 14.3 Å². The highest BCUT2D eigenvalue weighted by atomic mass is 35.5. The molecule has 0 radical (unpaired) electrons. The van der Waals surface area contributed by atoms with Crippen LogP contribution in [0.15, 0.2) is 65.3 Å². The van der Waals surface area contributed by atoms with Gasteiger partial charge in [-0.25, -0.2) is 9.79 Å². The molecule has 4 aromatic rings. The first-order chi connectivity index (χ1) is 14.6. The number of esters is 1. The molecule has 1 aliphatic heterocycles. The number of fused-ring (bicyclic) bond motifs is 2. The van der Waals surface area contributed by atoms with E-state index in [9.17, 15) is 4.79 Å². The van der Waals surface area contributed by atoms with Gasteiger partial charge in [-0.05, 0) is 34.5 Å². The number of carbonyl (C=O) groups excluding carboxylic acids is 1. The van der Waals surface area contributed by atoms with E-state index in [1.54, 1.807) is 19.3 Å². The topological polar surface area (TPSA) is 47.9 Å². The van der Waals surface area contributed by atoms with Crippen molar-refractivity contribution in [3.63, 3.8) is 0 Å². The van der Waals surface area contributed by atoms with Gasteiger partial charge in [-0.1, -0.05) is 65.7 Å². The molecule has 0 saturated carbocycles. The number of benzene rings is 3. The normalized spacial score (nSPS) is 15.1. The van der Waals surface area contributed by atoms with Crippen molar-refractivity contribution in [2.24, 2.45) is 4.99 Å². The lowest BCUT2D eigenvalue weighted by Gasteiger charge is -2.02. The monoisotopic (exact) mass is 453 g/mol. The fourth-order valence-corrected chi connectivity index (χ4v) is 5.22. The van der Waals surface area contributed by atoms with Crippen molar-refractivity contribution >= 4 is 73.3 Å². The number of hydrogen-bond donors (Lipinski definition) is 0. The van der Waals surface area contributed by atoms with Crippen LogP contribution in [0.25, 0.3) is 26.9 Å². The molecule has 0 aliphatic carbocycles. The largest absolute Gasteiger partial charge is 0.495 e. The average Bonchev–Trinajstić information content (AvgIpc) is 3.29. The number of halogens is 2. The predicted molar refractivity (Wildman–Crippen MR) is 123 cm³/mol. The third kappa shape index (κ3) is 3.06. The van der Waals surface area contributed by atoms with E-state index in [-0.39, 0.29) is 11.6 Å². The second kappa shape index (κ2) is 7.43. The molecule has 7 heteroatoms. The van der Waals surface area contributed by atoms with Crippen LogP contribution in [0.4, 0.5) is 0 Å². The minimum Gasteiger partial charge on any atom is -0.495 e. The average molecular weight is 454 g/mol. The Morgan fingerprint density at radius 3 is 2.63 bits per heavy atom. The number of cyclic esters (lactones) is 1. The van der Waals surface area contributed by atoms with Crippen LogP contribution in [0, 0.1) is 0 Å². The molecular formula is C23H13Cl2NO3S. The fraction of sp³-hybridized carbons (Fsp3) is 0.0435. The van der Waals surface area contributed by atoms with Gasteiger partial charge in [0.1, 0.15) is 15.6 Å². The molecular weight excluding hydrogens is 441 g/mol. The second-order valence-electron chi connectivity index (χ2n) is 6.61. The van der Waals surface area contributed by atoms with E-state index in [0.29, 0.717) is 20.7 Å². The second-order valence-corrected chi connectivity index (χ2v) is 8.38. The first-order valence-corrected chi connectivity index (χ1v) is 10.6. The zero-order chi connectivity index (χ0) is 20.8. The minimum absolute atomic E-state index is 0.174. The molecule has 1 aromatic heterocycles. The van der Waals surface area contributed by atoms with Gasteiger partial charge in [0.15, 0.2) is 5.70 Å². The molecule has 30 heavy (non-hydrogen) atoms. The van der Waals surface area contributed by atoms with Gasteiger partial charge in [0.2, 0.25) is 5.90 Å². The number of carbonyl (C=O) groups is 1. The number of thiophene rings is 1. The third-order valence-electron chi connectivity index (χ3n) is 4.85. The van der Waals surface area contributed by atoms with Crippen molar-refractivity contribution in [3.05, 3.63) is 80.8 Å². The van der Waals surface area contributed by atoms with Crippen molar-refractivity contribution in [2.75, 3.05) is 7.11 Å². The minimum atomic E-state index is -0.518. The summed E-state index contributed by atoms with van der Waals surface area (Å²) >= 11 is 14.3. The maximum Gasteiger partial charge on any atom is 0.363 e. The van der Waals surface area contributed by atoms with Crippen molar-refractivity contribution in [1.82, 2.24) is 0 Å². The standard InChI is InChI=1S/C23H13Cl2NO3S/c1-28-17-10-9-15-18(24)21(30-20(15)19(17)25)22-26-16(23(27)29-22)11-13-7-4-6-12-5-2-3-8-14(12)13/h2-11H,1H3/b16-11+. The summed E-state index contributed by atoms with van der Waals surface area (Å²) < 4.78 is 11.5. The van der Waals surface area contributed by atoms with E-state index in [4.69, 9.17) is 32.7 Å². The number of ether oxygens (including phenoxy) is 2. The highest BCUT2D eigenvalue weighted by Crippen LogP contribution is 2.44. The zero-order valence-electron chi connectivity index (χ0n) is 15.6. The quantitative estimate of drug-likeness (QED) is 0.255. The summed E-state index contributed by atoms with van der Waals surface area (Å²) in [6, 6.07) is 17.4. The van der Waals surface area contributed by atoms with Gasteiger partial charge in [0.05, 0.1) is 16.8 Å². The Labute approximate surface area is 186 Å². The van der Waals surface area contributed by atoms with E-state index in [1.807, 2.05) is 48.5 Å². The highest BCUT2D eigenvalue weighted by Gasteiger charge is 2.29. The van der Waals surface area contributed by atoms with Crippen molar-refractivity contribution in [1.29, 1.82) is 0 Å². The first kappa shape index (κ1) is 19.1. The van der Waals surface area contributed by atoms with Gasteiger partial charge in [0.25, 0.3) is 0 Å². The summed E-state index contributed by atoms with van der Waals surface area (Å²) in [4.78, 5) is 17.5. The van der Waals surface area contributed by atoms with Crippen molar-refractivity contribution in [2.45, 2.75) is 0 Å². The van der Waals surface area contributed by atoms with E-state index in [1.165, 1.54) is 11.3 Å². The molecule has 0 amide bonds. The molecule has 0 atom stereocenters. The van der Waals surface area contributed by atoms with E-state index >= 15 is 0 Å². The highest BCUT2D eigenvalue weighted by molar-refractivity contribution is 7.22. The fourth-order valence-electron chi connectivity index (χ4n) is 3.40. The third-order valence-corrected chi connectivity index (χ3v) is 7.05. The SMILES string of the molecule is COc1ccc2c(Cl)c(C3=N/C(=C/c4cccc5ccccc45)C(=O)O3)sc2c1Cl. The number of nitrogens with zero attached hydrogens (tertiary/aromatic N) is 1. The molecule has 2 heterocycles. The first-order valence-electron chi connectivity index (χ1n) is 9.02. The summed E-state index contributed by atoms with van der Waals surface area (Å²) in [6.45, 7) is 0. The van der Waals surface area contributed by atoms with Crippen LogP contribution in [-0.4, -0.2) is 19.0 Å². The lowest BCUT2D eigenvalue weighted by atomic mass is 10.0. The Kier molecular flexibility index (Phi) is 4.74. The van der Waals surface area contributed by atoms with Gasteiger partial charge in [-0.15, -0.1) is 11.3 Å². The molecule has 5 rings (SSSR count).